The Labute approximate surface area is 118 Å². The normalized spacial score (nSPS) is 10.8. The zero-order chi connectivity index (χ0) is 13.4. The minimum absolute atomic E-state index is 0.445. The third kappa shape index (κ3) is 2.26. The monoisotopic (exact) mass is 317 g/mol. The molecule has 0 fully saturated rings. The number of aromatic nitrogens is 3. The molecule has 3 aromatic rings. The summed E-state index contributed by atoms with van der Waals surface area (Å²) in [6.07, 6.45) is 5.29. The molecule has 2 heterocycles. The molecule has 96 valence electrons. The highest BCUT2D eigenvalue weighted by Crippen LogP contribution is 2.25. The summed E-state index contributed by atoms with van der Waals surface area (Å²) >= 11 is 3.46. The van der Waals surface area contributed by atoms with Crippen LogP contribution >= 0.6 is 15.9 Å². The van der Waals surface area contributed by atoms with E-state index < -0.39 is 0 Å². The Morgan fingerprint density at radius 1 is 1.37 bits per heavy atom. The third-order valence-electron chi connectivity index (χ3n) is 2.85. The first kappa shape index (κ1) is 12.0. The number of hydrogen-bond donors (Lipinski definition) is 2. The molecule has 0 bridgehead atoms. The standard InChI is InChI=1S/C13H12BrN5/c1-8-2-3-9(14)6-10(8)17-12-13-16-4-5-19(13)7-11(15)18-12/h2-7H,15H2,1H3,(H,17,18). The Hall–Kier alpha value is -2.08. The van der Waals surface area contributed by atoms with Crippen molar-refractivity contribution in [3.63, 3.8) is 0 Å². The van der Waals surface area contributed by atoms with Gasteiger partial charge in [-0.15, -0.1) is 0 Å². The first-order valence-electron chi connectivity index (χ1n) is 5.76. The molecule has 0 aliphatic carbocycles. The second kappa shape index (κ2) is 4.55. The molecule has 0 unspecified atom stereocenters. The van der Waals surface area contributed by atoms with Crippen LogP contribution in [-0.4, -0.2) is 14.4 Å². The lowest BCUT2D eigenvalue weighted by atomic mass is 10.2. The molecule has 0 radical (unpaired) electrons. The van der Waals surface area contributed by atoms with Crippen LogP contribution in [0.5, 0.6) is 0 Å². The van der Waals surface area contributed by atoms with Crippen LogP contribution in [0.25, 0.3) is 5.65 Å². The molecule has 6 heteroatoms. The van der Waals surface area contributed by atoms with Gasteiger partial charge in [0.05, 0.1) is 6.20 Å². The van der Waals surface area contributed by atoms with Gasteiger partial charge in [-0.3, -0.25) is 0 Å². The van der Waals surface area contributed by atoms with E-state index in [0.29, 0.717) is 11.6 Å². The van der Waals surface area contributed by atoms with Crippen molar-refractivity contribution in [2.45, 2.75) is 6.92 Å². The summed E-state index contributed by atoms with van der Waals surface area (Å²) in [6, 6.07) is 6.03. The Bertz CT molecular complexity index is 750. The summed E-state index contributed by atoms with van der Waals surface area (Å²) in [6.45, 7) is 2.03. The highest BCUT2D eigenvalue weighted by atomic mass is 79.9. The van der Waals surface area contributed by atoms with Crippen molar-refractivity contribution < 1.29 is 0 Å². The van der Waals surface area contributed by atoms with Gasteiger partial charge < -0.3 is 15.5 Å². The van der Waals surface area contributed by atoms with Crippen LogP contribution < -0.4 is 11.1 Å². The number of benzene rings is 1. The van der Waals surface area contributed by atoms with E-state index in [0.717, 1.165) is 21.4 Å². The molecule has 19 heavy (non-hydrogen) atoms. The van der Waals surface area contributed by atoms with Gasteiger partial charge in [0, 0.05) is 22.6 Å². The number of hydrogen-bond acceptors (Lipinski definition) is 4. The molecule has 3 rings (SSSR count). The number of aryl methyl sites for hydroxylation is 1. The Morgan fingerprint density at radius 2 is 2.21 bits per heavy atom. The highest BCUT2D eigenvalue weighted by Gasteiger charge is 2.08. The van der Waals surface area contributed by atoms with Crippen LogP contribution in [0.15, 0.2) is 41.3 Å². The SMILES string of the molecule is Cc1ccc(Br)cc1Nc1nc(N)cn2ccnc12. The Kier molecular flexibility index (Phi) is 2.87. The number of fused-ring (bicyclic) bond motifs is 1. The van der Waals surface area contributed by atoms with Crippen molar-refractivity contribution in [2.24, 2.45) is 0 Å². The van der Waals surface area contributed by atoms with Crippen LogP contribution in [0.2, 0.25) is 0 Å². The van der Waals surface area contributed by atoms with Gasteiger partial charge >= 0.3 is 0 Å². The van der Waals surface area contributed by atoms with Crippen molar-refractivity contribution in [2.75, 3.05) is 11.1 Å². The van der Waals surface area contributed by atoms with Crippen molar-refractivity contribution in [1.82, 2.24) is 14.4 Å². The van der Waals surface area contributed by atoms with Crippen LogP contribution in [0.3, 0.4) is 0 Å². The van der Waals surface area contributed by atoms with E-state index >= 15 is 0 Å². The fourth-order valence-electron chi connectivity index (χ4n) is 1.89. The summed E-state index contributed by atoms with van der Waals surface area (Å²) in [7, 11) is 0. The van der Waals surface area contributed by atoms with E-state index in [1.54, 1.807) is 12.4 Å². The lowest BCUT2D eigenvalue weighted by molar-refractivity contribution is 1.13. The molecule has 1 aromatic carbocycles. The summed E-state index contributed by atoms with van der Waals surface area (Å²) in [4.78, 5) is 8.59. The van der Waals surface area contributed by atoms with E-state index in [4.69, 9.17) is 5.73 Å². The van der Waals surface area contributed by atoms with Crippen molar-refractivity contribution >= 4 is 38.9 Å². The molecule has 0 aliphatic rings. The van der Waals surface area contributed by atoms with E-state index in [2.05, 4.69) is 31.2 Å². The maximum Gasteiger partial charge on any atom is 0.180 e. The van der Waals surface area contributed by atoms with Crippen molar-refractivity contribution in [3.8, 4) is 0 Å². The van der Waals surface area contributed by atoms with Gasteiger partial charge in [0.2, 0.25) is 0 Å². The molecule has 0 saturated heterocycles. The largest absolute Gasteiger partial charge is 0.382 e. The van der Waals surface area contributed by atoms with Gasteiger partial charge in [0.25, 0.3) is 0 Å². The fraction of sp³-hybridized carbons (Fsp3) is 0.0769. The van der Waals surface area contributed by atoms with Crippen LogP contribution in [0.1, 0.15) is 5.56 Å². The highest BCUT2D eigenvalue weighted by molar-refractivity contribution is 9.10. The van der Waals surface area contributed by atoms with Gasteiger partial charge in [0.15, 0.2) is 11.5 Å². The van der Waals surface area contributed by atoms with Gasteiger partial charge in [-0.05, 0) is 24.6 Å². The van der Waals surface area contributed by atoms with Crippen molar-refractivity contribution in [1.29, 1.82) is 0 Å². The topological polar surface area (TPSA) is 68.2 Å². The van der Waals surface area contributed by atoms with Crippen molar-refractivity contribution in [3.05, 3.63) is 46.8 Å². The first-order chi connectivity index (χ1) is 9.13. The number of nitrogens with two attached hydrogens (primary N) is 1. The third-order valence-corrected chi connectivity index (χ3v) is 3.34. The number of anilines is 3. The van der Waals surface area contributed by atoms with Crippen LogP contribution in [-0.2, 0) is 0 Å². The maximum atomic E-state index is 5.80. The zero-order valence-corrected chi connectivity index (χ0v) is 11.8. The van der Waals surface area contributed by atoms with Gasteiger partial charge in [-0.2, -0.15) is 0 Å². The molecule has 0 spiro atoms. The van der Waals surface area contributed by atoms with E-state index in [1.165, 1.54) is 0 Å². The molecule has 0 saturated carbocycles. The van der Waals surface area contributed by atoms with Gasteiger partial charge in [-0.1, -0.05) is 22.0 Å². The molecule has 5 nitrogen and oxygen atoms in total. The second-order valence-corrected chi connectivity index (χ2v) is 5.17. The predicted octanol–water partition coefficient (Wildman–Crippen LogP) is 3.13. The summed E-state index contributed by atoms with van der Waals surface area (Å²) < 4.78 is 2.85. The average molecular weight is 318 g/mol. The van der Waals surface area contributed by atoms with E-state index in [1.807, 2.05) is 35.7 Å². The number of halogens is 1. The fourth-order valence-corrected chi connectivity index (χ4v) is 2.25. The maximum absolute atomic E-state index is 5.80. The number of rotatable bonds is 2. The number of nitrogen functional groups attached to an aromatic ring is 1. The number of imidazole rings is 1. The predicted molar refractivity (Wildman–Crippen MR) is 79.6 cm³/mol. The van der Waals surface area contributed by atoms with Gasteiger partial charge in [-0.25, -0.2) is 9.97 Å². The summed E-state index contributed by atoms with van der Waals surface area (Å²) in [5.41, 5.74) is 8.63. The Morgan fingerprint density at radius 3 is 3.05 bits per heavy atom. The molecule has 3 N–H and O–H groups in total. The second-order valence-electron chi connectivity index (χ2n) is 4.26. The van der Waals surface area contributed by atoms with Crippen LogP contribution in [0.4, 0.5) is 17.3 Å². The summed E-state index contributed by atoms with van der Waals surface area (Å²) in [5, 5.41) is 3.28. The quantitative estimate of drug-likeness (QED) is 0.762. The van der Waals surface area contributed by atoms with E-state index in [-0.39, 0.29) is 0 Å². The van der Waals surface area contributed by atoms with E-state index in [9.17, 15) is 0 Å². The molecule has 2 aromatic heterocycles. The molecular weight excluding hydrogens is 306 g/mol. The number of nitrogens with one attached hydrogen (secondary N) is 1. The minimum atomic E-state index is 0.445. The molecule has 0 amide bonds. The van der Waals surface area contributed by atoms with Crippen LogP contribution in [0, 0.1) is 6.92 Å². The van der Waals surface area contributed by atoms with Gasteiger partial charge in [0.1, 0.15) is 5.82 Å². The molecule has 0 atom stereocenters. The lowest BCUT2D eigenvalue weighted by Gasteiger charge is -2.10. The first-order valence-corrected chi connectivity index (χ1v) is 6.55. The lowest BCUT2D eigenvalue weighted by Crippen LogP contribution is -2.02. The molecule has 0 aliphatic heterocycles. The zero-order valence-electron chi connectivity index (χ0n) is 10.3. The summed E-state index contributed by atoms with van der Waals surface area (Å²) in [5.74, 6) is 1.09. The average Bonchev–Trinajstić information content (AvgIpc) is 2.82. The number of nitrogens with zero attached hydrogens (tertiary/aromatic N) is 3. The minimum Gasteiger partial charge on any atom is -0.382 e. The molecular formula is C13H12BrN5. The smallest absolute Gasteiger partial charge is 0.180 e. The Balaban J connectivity index is 2.10.